The highest BCUT2D eigenvalue weighted by Gasteiger charge is 2.18. The molecule has 0 spiro atoms. The summed E-state index contributed by atoms with van der Waals surface area (Å²) in [5, 5.41) is 12.7. The second-order valence-corrected chi connectivity index (χ2v) is 6.84. The lowest BCUT2D eigenvalue weighted by molar-refractivity contribution is -0.687. The van der Waals surface area contributed by atoms with E-state index in [1.807, 2.05) is 13.8 Å². The zero-order valence-electron chi connectivity index (χ0n) is 15.1. The highest BCUT2D eigenvalue weighted by atomic mass is 16.5. The Kier molecular flexibility index (Phi) is 8.47. The normalized spacial score (nSPS) is 12.4. The van der Waals surface area contributed by atoms with Crippen molar-refractivity contribution in [2.75, 3.05) is 13.2 Å². The van der Waals surface area contributed by atoms with Crippen LogP contribution in [-0.4, -0.2) is 30.9 Å². The predicted octanol–water partition coefficient (Wildman–Crippen LogP) is 1.02. The van der Waals surface area contributed by atoms with Gasteiger partial charge < -0.3 is 20.0 Å². The summed E-state index contributed by atoms with van der Waals surface area (Å²) in [6.45, 7) is 9.05. The number of nitrogens with two attached hydrogens (primary N) is 1. The van der Waals surface area contributed by atoms with Crippen LogP contribution in [0, 0.1) is 11.8 Å². The Morgan fingerprint density at radius 2 is 1.75 bits per heavy atom. The molecule has 0 amide bonds. The van der Waals surface area contributed by atoms with Crippen LogP contribution in [0.1, 0.15) is 50.9 Å². The molecule has 1 aromatic rings. The minimum absolute atomic E-state index is 0.000773. The van der Waals surface area contributed by atoms with Gasteiger partial charge in [0.2, 0.25) is 0 Å². The maximum atomic E-state index is 12.2. The summed E-state index contributed by atoms with van der Waals surface area (Å²) in [4.78, 5) is 23.2. The van der Waals surface area contributed by atoms with Gasteiger partial charge in [0.1, 0.15) is 11.8 Å². The topological polar surface area (TPSA) is 83.0 Å². The number of hydrogen-bond donors (Lipinski definition) is 1. The van der Waals surface area contributed by atoms with Crippen molar-refractivity contribution in [3.63, 3.8) is 0 Å². The van der Waals surface area contributed by atoms with E-state index >= 15 is 0 Å². The fourth-order valence-corrected chi connectivity index (χ4v) is 2.33. The summed E-state index contributed by atoms with van der Waals surface area (Å²) in [6.07, 6.45) is 1.29. The fraction of sp³-hybridized carbons (Fsp3) is 0.579. The quantitative estimate of drug-likeness (QED) is 0.612. The first kappa shape index (κ1) is 20.2. The van der Waals surface area contributed by atoms with Crippen LogP contribution in [0.3, 0.4) is 0 Å². The lowest BCUT2D eigenvalue weighted by Crippen LogP contribution is -2.94. The second-order valence-electron chi connectivity index (χ2n) is 6.84. The largest absolute Gasteiger partial charge is 0.544 e. The third-order valence-electron chi connectivity index (χ3n) is 3.92. The number of carbonyl (C=O) groups excluding carboxylic acids is 2. The summed E-state index contributed by atoms with van der Waals surface area (Å²) < 4.78 is 5.63. The van der Waals surface area contributed by atoms with Crippen LogP contribution in [0.4, 0.5) is 0 Å². The van der Waals surface area contributed by atoms with Crippen LogP contribution >= 0.6 is 0 Å². The van der Waals surface area contributed by atoms with Gasteiger partial charge in [-0.1, -0.05) is 27.7 Å². The second kappa shape index (κ2) is 10.1. The Bertz CT molecular complexity index is 523. The molecule has 5 heteroatoms. The number of hydrogen-bond acceptors (Lipinski definition) is 4. The minimum Gasteiger partial charge on any atom is -0.544 e. The van der Waals surface area contributed by atoms with Crippen LogP contribution in [0.2, 0.25) is 0 Å². The van der Waals surface area contributed by atoms with Gasteiger partial charge in [-0.05, 0) is 36.6 Å². The van der Waals surface area contributed by atoms with Crippen LogP contribution in [0.25, 0.3) is 0 Å². The summed E-state index contributed by atoms with van der Waals surface area (Å²) in [6, 6.07) is 6.50. The van der Waals surface area contributed by atoms with Crippen molar-refractivity contribution in [1.29, 1.82) is 0 Å². The Morgan fingerprint density at radius 1 is 1.12 bits per heavy atom. The van der Waals surface area contributed by atoms with E-state index in [-0.39, 0.29) is 11.7 Å². The maximum Gasteiger partial charge on any atom is 0.168 e. The van der Waals surface area contributed by atoms with E-state index in [0.29, 0.717) is 31.1 Å². The number of quaternary nitrogens is 1. The standard InChI is InChI=1S/C19H29NO4/c1-13(2)10-12-24-16-7-5-15(6-8-16)17(21)9-11-20-18(14(3)4)19(22)23/h5-8,13-14,18,20H,9-12H2,1-4H3,(H,22,23). The predicted molar refractivity (Wildman–Crippen MR) is 90.8 cm³/mol. The molecule has 1 atom stereocenters. The first-order chi connectivity index (χ1) is 11.3. The number of benzene rings is 1. The average molecular weight is 335 g/mol. The van der Waals surface area contributed by atoms with E-state index in [2.05, 4.69) is 13.8 Å². The van der Waals surface area contributed by atoms with Crippen molar-refractivity contribution in [3.8, 4) is 5.75 Å². The molecule has 0 aromatic heterocycles. The highest BCUT2D eigenvalue weighted by Crippen LogP contribution is 2.14. The molecule has 0 heterocycles. The summed E-state index contributed by atoms with van der Waals surface area (Å²) in [5.74, 6) is 0.238. The monoisotopic (exact) mass is 335 g/mol. The number of ketones is 1. The van der Waals surface area contributed by atoms with Gasteiger partial charge in [0.05, 0.1) is 25.5 Å². The molecule has 2 N–H and O–H groups in total. The molecule has 0 aliphatic carbocycles. The van der Waals surface area contributed by atoms with Crippen molar-refractivity contribution in [2.45, 2.75) is 46.6 Å². The van der Waals surface area contributed by atoms with Crippen LogP contribution < -0.4 is 15.2 Å². The SMILES string of the molecule is CC(C)CCOc1ccc(C(=O)CC[NH2+]C(C(=O)[O-])C(C)C)cc1. The number of Topliss-reactive ketones (excluding diaryl/α,β-unsaturated/α-hetero) is 1. The van der Waals surface area contributed by atoms with Gasteiger partial charge >= 0.3 is 0 Å². The van der Waals surface area contributed by atoms with Crippen molar-refractivity contribution in [1.82, 2.24) is 0 Å². The molecule has 1 aromatic carbocycles. The molecule has 0 saturated heterocycles. The number of rotatable bonds is 11. The van der Waals surface area contributed by atoms with Crippen molar-refractivity contribution >= 4 is 11.8 Å². The van der Waals surface area contributed by atoms with Gasteiger partial charge in [-0.25, -0.2) is 0 Å². The van der Waals surface area contributed by atoms with Gasteiger partial charge in [-0.2, -0.15) is 0 Å². The molecule has 0 bridgehead atoms. The van der Waals surface area contributed by atoms with Gasteiger partial charge in [0.15, 0.2) is 5.78 Å². The number of carbonyl (C=O) groups is 2. The highest BCUT2D eigenvalue weighted by molar-refractivity contribution is 5.96. The van der Waals surface area contributed by atoms with Gasteiger partial charge in [0, 0.05) is 11.5 Å². The van der Waals surface area contributed by atoms with E-state index in [4.69, 9.17) is 4.74 Å². The fourth-order valence-electron chi connectivity index (χ4n) is 2.33. The maximum absolute atomic E-state index is 12.2. The summed E-state index contributed by atoms with van der Waals surface area (Å²) >= 11 is 0. The molecular weight excluding hydrogens is 306 g/mol. The third-order valence-corrected chi connectivity index (χ3v) is 3.92. The molecule has 5 nitrogen and oxygen atoms in total. The van der Waals surface area contributed by atoms with Crippen LogP contribution in [0.15, 0.2) is 24.3 Å². The van der Waals surface area contributed by atoms with E-state index in [0.717, 1.165) is 12.2 Å². The molecule has 1 rings (SSSR count). The van der Waals surface area contributed by atoms with Crippen molar-refractivity contribution in [3.05, 3.63) is 29.8 Å². The number of aliphatic carboxylic acids is 1. The van der Waals surface area contributed by atoms with E-state index in [1.165, 1.54) is 0 Å². The molecule has 24 heavy (non-hydrogen) atoms. The Balaban J connectivity index is 2.43. The lowest BCUT2D eigenvalue weighted by Gasteiger charge is -2.19. The Labute approximate surface area is 144 Å². The minimum atomic E-state index is -1.08. The smallest absolute Gasteiger partial charge is 0.168 e. The number of carboxylic acids is 1. The zero-order chi connectivity index (χ0) is 18.1. The third kappa shape index (κ3) is 7.13. The van der Waals surface area contributed by atoms with E-state index in [9.17, 15) is 14.7 Å². The Hall–Kier alpha value is -1.88. The van der Waals surface area contributed by atoms with Crippen molar-refractivity contribution in [2.24, 2.45) is 11.8 Å². The van der Waals surface area contributed by atoms with Gasteiger partial charge in [-0.3, -0.25) is 4.79 Å². The molecule has 0 aliphatic heterocycles. The molecule has 0 saturated carbocycles. The van der Waals surface area contributed by atoms with E-state index < -0.39 is 12.0 Å². The zero-order valence-corrected chi connectivity index (χ0v) is 15.1. The number of ether oxygens (including phenoxy) is 1. The van der Waals surface area contributed by atoms with Crippen LogP contribution in [-0.2, 0) is 4.79 Å². The van der Waals surface area contributed by atoms with Crippen molar-refractivity contribution < 1.29 is 24.7 Å². The van der Waals surface area contributed by atoms with Gasteiger partial charge in [0.25, 0.3) is 0 Å². The molecule has 0 radical (unpaired) electrons. The molecule has 134 valence electrons. The summed E-state index contributed by atoms with van der Waals surface area (Å²) in [5.41, 5.74) is 0.620. The van der Waals surface area contributed by atoms with E-state index in [1.54, 1.807) is 29.6 Å². The first-order valence-corrected chi connectivity index (χ1v) is 8.61. The van der Waals surface area contributed by atoms with Crippen LogP contribution in [0.5, 0.6) is 5.75 Å². The first-order valence-electron chi connectivity index (χ1n) is 8.61. The molecule has 0 fully saturated rings. The molecule has 1 unspecified atom stereocenters. The lowest BCUT2D eigenvalue weighted by atomic mass is 10.0. The summed E-state index contributed by atoms with van der Waals surface area (Å²) in [7, 11) is 0. The number of carboxylic acid groups (broad SMARTS) is 1. The molecule has 0 aliphatic rings. The Morgan fingerprint density at radius 3 is 2.25 bits per heavy atom. The molecular formula is C19H29NO4. The van der Waals surface area contributed by atoms with Gasteiger partial charge in [-0.15, -0.1) is 0 Å². The average Bonchev–Trinajstić information content (AvgIpc) is 2.50.